The van der Waals surface area contributed by atoms with Crippen molar-refractivity contribution >= 4 is 11.6 Å². The number of ether oxygens (including phenoxy) is 1. The van der Waals surface area contributed by atoms with Gasteiger partial charge in [-0.05, 0) is 20.8 Å². The maximum atomic E-state index is 5.74. The van der Waals surface area contributed by atoms with Crippen LogP contribution in [-0.2, 0) is 4.74 Å². The van der Waals surface area contributed by atoms with E-state index in [1.807, 2.05) is 13.0 Å². The average molecular weight is 222 g/mol. The summed E-state index contributed by atoms with van der Waals surface area (Å²) in [5.41, 5.74) is 5.74. The molecule has 2 atom stereocenters. The molecule has 1 aliphatic heterocycles. The Balaban J connectivity index is 2.27. The topological polar surface area (TPSA) is 64.3 Å². The van der Waals surface area contributed by atoms with Crippen LogP contribution in [0.1, 0.15) is 19.7 Å². The summed E-state index contributed by atoms with van der Waals surface area (Å²) >= 11 is 0. The van der Waals surface area contributed by atoms with Crippen LogP contribution in [0.5, 0.6) is 0 Å². The first-order chi connectivity index (χ1) is 7.56. The number of aromatic nitrogens is 2. The Morgan fingerprint density at radius 1 is 1.44 bits per heavy atom. The van der Waals surface area contributed by atoms with Gasteiger partial charge in [0.1, 0.15) is 17.5 Å². The van der Waals surface area contributed by atoms with Crippen molar-refractivity contribution in [2.75, 3.05) is 23.8 Å². The molecule has 16 heavy (non-hydrogen) atoms. The smallest absolute Gasteiger partial charge is 0.134 e. The molecule has 0 radical (unpaired) electrons. The molecular weight excluding hydrogens is 204 g/mol. The number of aryl methyl sites for hydroxylation is 1. The molecule has 2 N–H and O–H groups in total. The highest BCUT2D eigenvalue weighted by atomic mass is 16.5. The Bertz CT molecular complexity index is 362. The van der Waals surface area contributed by atoms with Gasteiger partial charge in [0.15, 0.2) is 0 Å². The second-order valence-electron chi connectivity index (χ2n) is 4.34. The highest BCUT2D eigenvalue weighted by Gasteiger charge is 2.24. The summed E-state index contributed by atoms with van der Waals surface area (Å²) in [6, 6.07) is 2.14. The number of nitrogens with zero attached hydrogens (tertiary/aromatic N) is 3. The summed E-state index contributed by atoms with van der Waals surface area (Å²) in [7, 11) is 0. The molecule has 1 aromatic rings. The summed E-state index contributed by atoms with van der Waals surface area (Å²) in [6.07, 6.45) is 0.229. The molecule has 1 fully saturated rings. The van der Waals surface area contributed by atoms with Gasteiger partial charge in [-0.15, -0.1) is 0 Å². The SMILES string of the molecule is Cc1nc(N)cc(N2CC(C)OCC2C)n1. The van der Waals surface area contributed by atoms with E-state index < -0.39 is 0 Å². The number of rotatable bonds is 1. The quantitative estimate of drug-likeness (QED) is 0.767. The van der Waals surface area contributed by atoms with E-state index in [1.165, 1.54) is 0 Å². The predicted molar refractivity (Wildman–Crippen MR) is 63.4 cm³/mol. The van der Waals surface area contributed by atoms with Crippen LogP contribution < -0.4 is 10.6 Å². The third-order valence-electron chi connectivity index (χ3n) is 2.75. The molecule has 2 rings (SSSR count). The molecule has 0 amide bonds. The molecule has 0 saturated carbocycles. The third kappa shape index (κ3) is 2.24. The van der Waals surface area contributed by atoms with Crippen molar-refractivity contribution in [2.24, 2.45) is 0 Å². The van der Waals surface area contributed by atoms with Crippen molar-refractivity contribution in [1.82, 2.24) is 9.97 Å². The lowest BCUT2D eigenvalue weighted by Gasteiger charge is -2.37. The molecule has 0 spiro atoms. The van der Waals surface area contributed by atoms with Crippen molar-refractivity contribution in [3.63, 3.8) is 0 Å². The zero-order chi connectivity index (χ0) is 11.7. The van der Waals surface area contributed by atoms with Gasteiger partial charge in [0.2, 0.25) is 0 Å². The van der Waals surface area contributed by atoms with E-state index in [0.717, 1.165) is 19.0 Å². The fourth-order valence-corrected chi connectivity index (χ4v) is 1.94. The standard InChI is InChI=1S/C11H18N4O/c1-7-6-16-8(2)5-15(7)11-4-10(12)13-9(3)14-11/h4,7-8H,5-6H2,1-3H3,(H2,12,13,14). The Labute approximate surface area is 95.6 Å². The van der Waals surface area contributed by atoms with E-state index in [1.54, 1.807) is 0 Å². The summed E-state index contributed by atoms with van der Waals surface area (Å²) in [4.78, 5) is 10.7. The molecule has 88 valence electrons. The van der Waals surface area contributed by atoms with Crippen LogP contribution in [0, 0.1) is 6.92 Å². The molecule has 5 nitrogen and oxygen atoms in total. The van der Waals surface area contributed by atoms with Gasteiger partial charge in [0.25, 0.3) is 0 Å². The van der Waals surface area contributed by atoms with E-state index in [9.17, 15) is 0 Å². The lowest BCUT2D eigenvalue weighted by molar-refractivity contribution is 0.0340. The lowest BCUT2D eigenvalue weighted by atomic mass is 10.2. The zero-order valence-corrected chi connectivity index (χ0v) is 9.97. The molecule has 0 aliphatic carbocycles. The van der Waals surface area contributed by atoms with Gasteiger partial charge in [-0.25, -0.2) is 9.97 Å². The van der Waals surface area contributed by atoms with Gasteiger partial charge < -0.3 is 15.4 Å². The second-order valence-corrected chi connectivity index (χ2v) is 4.34. The minimum absolute atomic E-state index is 0.229. The van der Waals surface area contributed by atoms with Gasteiger partial charge in [-0.3, -0.25) is 0 Å². The Morgan fingerprint density at radius 2 is 2.19 bits per heavy atom. The minimum Gasteiger partial charge on any atom is -0.384 e. The zero-order valence-electron chi connectivity index (χ0n) is 9.97. The highest BCUT2D eigenvalue weighted by Crippen LogP contribution is 2.20. The molecule has 5 heteroatoms. The predicted octanol–water partition coefficient (Wildman–Crippen LogP) is 0.981. The van der Waals surface area contributed by atoms with E-state index in [-0.39, 0.29) is 6.10 Å². The molecule has 2 unspecified atom stereocenters. The Hall–Kier alpha value is -1.36. The van der Waals surface area contributed by atoms with Crippen LogP contribution in [0.3, 0.4) is 0 Å². The molecule has 0 aromatic carbocycles. The van der Waals surface area contributed by atoms with Gasteiger partial charge in [-0.1, -0.05) is 0 Å². The van der Waals surface area contributed by atoms with Crippen molar-refractivity contribution in [1.29, 1.82) is 0 Å². The van der Waals surface area contributed by atoms with Crippen LogP contribution in [0.25, 0.3) is 0 Å². The molecule has 1 aromatic heterocycles. The van der Waals surface area contributed by atoms with Gasteiger partial charge in [-0.2, -0.15) is 0 Å². The number of anilines is 2. The van der Waals surface area contributed by atoms with Gasteiger partial charge in [0.05, 0.1) is 18.8 Å². The summed E-state index contributed by atoms with van der Waals surface area (Å²) < 4.78 is 5.59. The maximum Gasteiger partial charge on any atom is 0.134 e. The monoisotopic (exact) mass is 222 g/mol. The van der Waals surface area contributed by atoms with Crippen LogP contribution in [-0.4, -0.2) is 35.3 Å². The summed E-state index contributed by atoms with van der Waals surface area (Å²) in [5, 5.41) is 0. The van der Waals surface area contributed by atoms with Gasteiger partial charge in [0, 0.05) is 12.6 Å². The van der Waals surface area contributed by atoms with Crippen LogP contribution in [0.4, 0.5) is 11.6 Å². The fraction of sp³-hybridized carbons (Fsp3) is 0.636. The summed E-state index contributed by atoms with van der Waals surface area (Å²) in [5.74, 6) is 2.13. The molecule has 2 heterocycles. The maximum absolute atomic E-state index is 5.74. The number of hydrogen-bond donors (Lipinski definition) is 1. The van der Waals surface area contributed by atoms with Crippen molar-refractivity contribution in [3.8, 4) is 0 Å². The molecule has 0 bridgehead atoms. The number of nitrogen functional groups attached to an aromatic ring is 1. The van der Waals surface area contributed by atoms with Crippen molar-refractivity contribution < 1.29 is 4.74 Å². The molecule has 1 aliphatic rings. The number of morpholine rings is 1. The van der Waals surface area contributed by atoms with Gasteiger partial charge >= 0.3 is 0 Å². The largest absolute Gasteiger partial charge is 0.384 e. The lowest BCUT2D eigenvalue weighted by Crippen LogP contribution is -2.47. The van der Waals surface area contributed by atoms with Crippen molar-refractivity contribution in [3.05, 3.63) is 11.9 Å². The second kappa shape index (κ2) is 4.25. The van der Waals surface area contributed by atoms with Crippen LogP contribution in [0.15, 0.2) is 6.07 Å². The fourth-order valence-electron chi connectivity index (χ4n) is 1.94. The van der Waals surface area contributed by atoms with E-state index in [2.05, 4.69) is 28.7 Å². The minimum atomic E-state index is 0.229. The first kappa shape index (κ1) is 11.1. The molecular formula is C11H18N4O. The Morgan fingerprint density at radius 3 is 2.88 bits per heavy atom. The number of nitrogens with two attached hydrogens (primary N) is 1. The normalized spacial score (nSPS) is 25.8. The van der Waals surface area contributed by atoms with E-state index >= 15 is 0 Å². The van der Waals surface area contributed by atoms with E-state index in [0.29, 0.717) is 17.7 Å². The first-order valence-corrected chi connectivity index (χ1v) is 5.55. The molecule has 1 saturated heterocycles. The third-order valence-corrected chi connectivity index (χ3v) is 2.75. The number of hydrogen-bond acceptors (Lipinski definition) is 5. The first-order valence-electron chi connectivity index (χ1n) is 5.55. The summed E-state index contributed by atoms with van der Waals surface area (Å²) in [6.45, 7) is 7.62. The average Bonchev–Trinajstić information content (AvgIpc) is 2.20. The highest BCUT2D eigenvalue weighted by molar-refractivity contribution is 5.48. The van der Waals surface area contributed by atoms with Crippen LogP contribution in [0.2, 0.25) is 0 Å². The Kier molecular flexibility index (Phi) is 2.96. The van der Waals surface area contributed by atoms with Crippen molar-refractivity contribution in [2.45, 2.75) is 32.9 Å². The van der Waals surface area contributed by atoms with E-state index in [4.69, 9.17) is 10.5 Å². The van der Waals surface area contributed by atoms with Crippen LogP contribution >= 0.6 is 0 Å².